The van der Waals surface area contributed by atoms with E-state index in [0.717, 1.165) is 18.7 Å². The minimum atomic E-state index is -0.218. The fourth-order valence-corrected chi connectivity index (χ4v) is 2.89. The molecule has 0 spiro atoms. The summed E-state index contributed by atoms with van der Waals surface area (Å²) >= 11 is 0. The molecule has 0 bridgehead atoms. The van der Waals surface area contributed by atoms with Crippen molar-refractivity contribution in [2.75, 3.05) is 11.5 Å². The summed E-state index contributed by atoms with van der Waals surface area (Å²) in [7, 11) is 0. The molecule has 0 saturated carbocycles. The van der Waals surface area contributed by atoms with Crippen molar-refractivity contribution in [1.29, 1.82) is 0 Å². The number of ether oxygens (including phenoxy) is 1. The summed E-state index contributed by atoms with van der Waals surface area (Å²) in [6, 6.07) is 16.8. The summed E-state index contributed by atoms with van der Waals surface area (Å²) in [6.07, 6.45) is 0. The zero-order chi connectivity index (χ0) is 15.5. The van der Waals surface area contributed by atoms with Crippen molar-refractivity contribution in [1.82, 2.24) is 0 Å². The van der Waals surface area contributed by atoms with Gasteiger partial charge >= 0.3 is 5.97 Å². The van der Waals surface area contributed by atoms with Gasteiger partial charge in [-0.1, -0.05) is 36.4 Å². The van der Waals surface area contributed by atoms with Gasteiger partial charge in [-0.3, -0.25) is 4.79 Å². The molecule has 0 fully saturated rings. The molecule has 1 heterocycles. The van der Waals surface area contributed by atoms with Crippen molar-refractivity contribution >= 4 is 11.7 Å². The number of carbonyl (C=O) groups is 1. The number of rotatable bonds is 4. The summed E-state index contributed by atoms with van der Waals surface area (Å²) in [5.74, 6) is -0.381. The molecule has 3 rings (SSSR count). The predicted molar refractivity (Wildman–Crippen MR) is 87.8 cm³/mol. The first-order valence-electron chi connectivity index (χ1n) is 7.77. The minimum Gasteiger partial charge on any atom is -0.466 e. The Kier molecular flexibility index (Phi) is 4.14. The van der Waals surface area contributed by atoms with Crippen molar-refractivity contribution in [2.45, 2.75) is 32.9 Å². The number of hydrogen-bond donors (Lipinski definition) is 0. The molecule has 22 heavy (non-hydrogen) atoms. The zero-order valence-corrected chi connectivity index (χ0v) is 13.1. The Morgan fingerprint density at radius 2 is 1.68 bits per heavy atom. The summed E-state index contributed by atoms with van der Waals surface area (Å²) in [5, 5.41) is 0. The maximum atomic E-state index is 11.8. The van der Waals surface area contributed by atoms with E-state index in [9.17, 15) is 4.79 Å². The van der Waals surface area contributed by atoms with Crippen LogP contribution in [0.5, 0.6) is 0 Å². The number of benzene rings is 2. The predicted octanol–water partition coefficient (Wildman–Crippen LogP) is 3.87. The average molecular weight is 295 g/mol. The second-order valence-electron chi connectivity index (χ2n) is 5.69. The van der Waals surface area contributed by atoms with E-state index >= 15 is 0 Å². The molecule has 114 valence electrons. The third-order valence-electron chi connectivity index (χ3n) is 4.24. The first kappa shape index (κ1) is 14.6. The van der Waals surface area contributed by atoms with Crippen molar-refractivity contribution in [3.05, 3.63) is 65.2 Å². The van der Waals surface area contributed by atoms with Crippen LogP contribution in [-0.4, -0.2) is 12.6 Å². The zero-order valence-electron chi connectivity index (χ0n) is 13.1. The van der Waals surface area contributed by atoms with Crippen molar-refractivity contribution in [3.63, 3.8) is 0 Å². The number of nitrogens with zero attached hydrogens (tertiary/aromatic N) is 1. The van der Waals surface area contributed by atoms with E-state index in [2.05, 4.69) is 41.3 Å². The Morgan fingerprint density at radius 1 is 1.09 bits per heavy atom. The van der Waals surface area contributed by atoms with Gasteiger partial charge in [0.05, 0.1) is 12.5 Å². The number of hydrogen-bond acceptors (Lipinski definition) is 3. The van der Waals surface area contributed by atoms with Gasteiger partial charge in [-0.2, -0.15) is 0 Å². The summed E-state index contributed by atoms with van der Waals surface area (Å²) < 4.78 is 5.08. The van der Waals surface area contributed by atoms with E-state index in [1.807, 2.05) is 26.0 Å². The van der Waals surface area contributed by atoms with Crippen LogP contribution in [0.15, 0.2) is 48.5 Å². The van der Waals surface area contributed by atoms with Gasteiger partial charge in [0.15, 0.2) is 0 Å². The molecule has 2 aromatic carbocycles. The van der Waals surface area contributed by atoms with Crippen LogP contribution in [0.2, 0.25) is 0 Å². The number of esters is 1. The minimum absolute atomic E-state index is 0.163. The second kappa shape index (κ2) is 6.22. The van der Waals surface area contributed by atoms with Gasteiger partial charge in [0.25, 0.3) is 0 Å². The van der Waals surface area contributed by atoms with E-state index in [4.69, 9.17) is 4.74 Å². The van der Waals surface area contributed by atoms with Gasteiger partial charge < -0.3 is 9.64 Å². The van der Waals surface area contributed by atoms with Crippen LogP contribution in [-0.2, 0) is 22.6 Å². The van der Waals surface area contributed by atoms with E-state index in [1.54, 1.807) is 0 Å². The molecule has 1 aliphatic rings. The standard InChI is InChI=1S/C19H21NO2/c1-3-22-19(21)14(2)15-8-10-18(11-9-15)20-12-16-6-4-5-7-17(16)13-20/h4-11,14H,3,12-13H2,1-2H3. The lowest BCUT2D eigenvalue weighted by Gasteiger charge is -2.19. The Bertz CT molecular complexity index is 638. The molecule has 3 nitrogen and oxygen atoms in total. The van der Waals surface area contributed by atoms with Crippen LogP contribution >= 0.6 is 0 Å². The Hall–Kier alpha value is -2.29. The highest BCUT2D eigenvalue weighted by Gasteiger charge is 2.20. The lowest BCUT2D eigenvalue weighted by Crippen LogP contribution is -2.15. The van der Waals surface area contributed by atoms with Crippen LogP contribution in [0.1, 0.15) is 36.5 Å². The summed E-state index contributed by atoms with van der Waals surface area (Å²) in [5.41, 5.74) is 4.98. The first-order chi connectivity index (χ1) is 10.7. The van der Waals surface area contributed by atoms with E-state index in [1.165, 1.54) is 16.8 Å². The SMILES string of the molecule is CCOC(=O)C(C)c1ccc(N2Cc3ccccc3C2)cc1. The lowest BCUT2D eigenvalue weighted by atomic mass is 10.0. The molecule has 0 aromatic heterocycles. The molecule has 2 aromatic rings. The Labute approximate surface area is 131 Å². The van der Waals surface area contributed by atoms with Gasteiger partial charge in [0.1, 0.15) is 0 Å². The molecule has 0 saturated heterocycles. The highest BCUT2D eigenvalue weighted by atomic mass is 16.5. The van der Waals surface area contributed by atoms with E-state index in [-0.39, 0.29) is 11.9 Å². The van der Waals surface area contributed by atoms with Crippen molar-refractivity contribution < 1.29 is 9.53 Å². The van der Waals surface area contributed by atoms with Gasteiger partial charge in [-0.25, -0.2) is 0 Å². The van der Waals surface area contributed by atoms with Crippen molar-refractivity contribution in [3.8, 4) is 0 Å². The highest BCUT2D eigenvalue weighted by molar-refractivity contribution is 5.77. The van der Waals surface area contributed by atoms with Crippen molar-refractivity contribution in [2.24, 2.45) is 0 Å². The number of fused-ring (bicyclic) bond motifs is 1. The molecule has 0 amide bonds. The molecule has 1 aliphatic heterocycles. The fraction of sp³-hybridized carbons (Fsp3) is 0.316. The molecule has 1 unspecified atom stereocenters. The van der Waals surface area contributed by atoms with E-state index in [0.29, 0.717) is 6.61 Å². The first-order valence-corrected chi connectivity index (χ1v) is 7.77. The van der Waals surface area contributed by atoms with Crippen LogP contribution in [0, 0.1) is 0 Å². The lowest BCUT2D eigenvalue weighted by molar-refractivity contribution is -0.144. The molecular weight excluding hydrogens is 274 g/mol. The van der Waals surface area contributed by atoms with Crippen LogP contribution in [0.25, 0.3) is 0 Å². The summed E-state index contributed by atoms with van der Waals surface area (Å²) in [6.45, 7) is 6.04. The van der Waals surface area contributed by atoms with Gasteiger partial charge in [0.2, 0.25) is 0 Å². The van der Waals surface area contributed by atoms with Crippen LogP contribution in [0.4, 0.5) is 5.69 Å². The third-order valence-corrected chi connectivity index (χ3v) is 4.24. The number of carbonyl (C=O) groups excluding carboxylic acids is 1. The molecule has 0 N–H and O–H groups in total. The normalized spacial score (nSPS) is 14.5. The highest BCUT2D eigenvalue weighted by Crippen LogP contribution is 2.29. The maximum Gasteiger partial charge on any atom is 0.313 e. The molecule has 0 radical (unpaired) electrons. The van der Waals surface area contributed by atoms with Gasteiger partial charge in [0, 0.05) is 18.8 Å². The topological polar surface area (TPSA) is 29.5 Å². The van der Waals surface area contributed by atoms with E-state index < -0.39 is 0 Å². The van der Waals surface area contributed by atoms with Gasteiger partial charge in [-0.15, -0.1) is 0 Å². The third kappa shape index (κ3) is 2.84. The van der Waals surface area contributed by atoms with Crippen LogP contribution in [0.3, 0.4) is 0 Å². The quantitative estimate of drug-likeness (QED) is 0.802. The summed E-state index contributed by atoms with van der Waals surface area (Å²) in [4.78, 5) is 14.2. The number of anilines is 1. The molecular formula is C19H21NO2. The molecule has 3 heteroatoms. The average Bonchev–Trinajstić information content (AvgIpc) is 2.98. The molecule has 0 aliphatic carbocycles. The van der Waals surface area contributed by atoms with Gasteiger partial charge in [-0.05, 0) is 42.7 Å². The Balaban J connectivity index is 1.72. The van der Waals surface area contributed by atoms with Crippen LogP contribution < -0.4 is 4.90 Å². The molecule has 1 atom stereocenters. The smallest absolute Gasteiger partial charge is 0.313 e. The fourth-order valence-electron chi connectivity index (χ4n) is 2.89. The monoisotopic (exact) mass is 295 g/mol. The second-order valence-corrected chi connectivity index (χ2v) is 5.69. The maximum absolute atomic E-state index is 11.8. The largest absolute Gasteiger partial charge is 0.466 e. The Morgan fingerprint density at radius 3 is 2.23 bits per heavy atom.